The number of amides is 1. The summed E-state index contributed by atoms with van der Waals surface area (Å²) in [6.07, 6.45) is 4.93. The third-order valence-electron chi connectivity index (χ3n) is 5.93. The van der Waals surface area contributed by atoms with Gasteiger partial charge in [0, 0.05) is 29.0 Å². The second kappa shape index (κ2) is 8.47. The molecule has 0 atom stereocenters. The molecular weight excluding hydrogens is 406 g/mol. The van der Waals surface area contributed by atoms with Crippen LogP contribution in [0.2, 0.25) is 0 Å². The van der Waals surface area contributed by atoms with Crippen LogP contribution in [0.4, 0.5) is 5.69 Å². The lowest BCUT2D eigenvalue weighted by Crippen LogP contribution is -2.13. The number of benzene rings is 2. The van der Waals surface area contributed by atoms with E-state index < -0.39 is 0 Å². The van der Waals surface area contributed by atoms with Crippen molar-refractivity contribution in [3.63, 3.8) is 0 Å². The number of rotatable bonds is 6. The normalized spacial score (nSPS) is 14.2. The van der Waals surface area contributed by atoms with Crippen LogP contribution in [0.5, 0.6) is 0 Å². The van der Waals surface area contributed by atoms with Crippen LogP contribution in [-0.4, -0.2) is 21.7 Å². The molecule has 0 unspecified atom stereocenters. The third kappa shape index (κ3) is 4.30. The van der Waals surface area contributed by atoms with E-state index in [2.05, 4.69) is 15.3 Å². The number of anilines is 1. The van der Waals surface area contributed by atoms with Gasteiger partial charge in [0.2, 0.25) is 0 Å². The van der Waals surface area contributed by atoms with Crippen molar-refractivity contribution < 1.29 is 9.59 Å². The molecule has 2 aromatic heterocycles. The molecule has 0 spiro atoms. The summed E-state index contributed by atoms with van der Waals surface area (Å²) < 4.78 is 0. The SMILES string of the molecule is O=C(Nc1ccc(-c2nc3ccc(CC(=O)C4CCCC4)cc3[nH]2)cc1)c1ccsc1. The van der Waals surface area contributed by atoms with Gasteiger partial charge in [-0.2, -0.15) is 11.3 Å². The average Bonchev–Trinajstić information content (AvgIpc) is 3.55. The number of H-pyrrole nitrogens is 1. The molecule has 31 heavy (non-hydrogen) atoms. The summed E-state index contributed by atoms with van der Waals surface area (Å²) in [5.41, 5.74) is 5.18. The van der Waals surface area contributed by atoms with Gasteiger partial charge in [0.15, 0.2) is 0 Å². The Labute approximate surface area is 184 Å². The van der Waals surface area contributed by atoms with Gasteiger partial charge in [-0.25, -0.2) is 4.98 Å². The number of aromatic nitrogens is 2. The summed E-state index contributed by atoms with van der Waals surface area (Å²) in [5.74, 6) is 1.26. The number of hydrogen-bond donors (Lipinski definition) is 2. The van der Waals surface area contributed by atoms with Gasteiger partial charge in [-0.3, -0.25) is 9.59 Å². The predicted molar refractivity (Wildman–Crippen MR) is 124 cm³/mol. The second-order valence-corrected chi connectivity index (χ2v) is 8.88. The van der Waals surface area contributed by atoms with Gasteiger partial charge in [-0.1, -0.05) is 18.9 Å². The van der Waals surface area contributed by atoms with Crippen molar-refractivity contribution in [3.8, 4) is 11.4 Å². The lowest BCUT2D eigenvalue weighted by atomic mass is 9.96. The molecule has 2 aromatic carbocycles. The lowest BCUT2D eigenvalue weighted by molar-refractivity contribution is -0.122. The Morgan fingerprint density at radius 2 is 1.87 bits per heavy atom. The molecule has 1 amide bonds. The zero-order valence-corrected chi connectivity index (χ0v) is 17.9. The molecule has 1 fully saturated rings. The van der Waals surface area contributed by atoms with Crippen molar-refractivity contribution in [1.82, 2.24) is 9.97 Å². The minimum Gasteiger partial charge on any atom is -0.338 e. The number of carbonyl (C=O) groups is 2. The Bertz CT molecular complexity index is 1220. The van der Waals surface area contributed by atoms with Crippen LogP contribution in [0.15, 0.2) is 59.3 Å². The molecule has 2 heterocycles. The third-order valence-corrected chi connectivity index (χ3v) is 6.62. The van der Waals surface area contributed by atoms with E-state index in [1.807, 2.05) is 53.2 Å². The fourth-order valence-corrected chi connectivity index (χ4v) is 4.84. The van der Waals surface area contributed by atoms with Crippen LogP contribution < -0.4 is 5.32 Å². The highest BCUT2D eigenvalue weighted by molar-refractivity contribution is 7.08. The van der Waals surface area contributed by atoms with Gasteiger partial charge in [0.05, 0.1) is 16.6 Å². The van der Waals surface area contributed by atoms with E-state index in [1.165, 1.54) is 24.2 Å². The monoisotopic (exact) mass is 429 g/mol. The van der Waals surface area contributed by atoms with E-state index in [4.69, 9.17) is 0 Å². The summed E-state index contributed by atoms with van der Waals surface area (Å²) in [5, 5.41) is 6.62. The molecule has 156 valence electrons. The largest absolute Gasteiger partial charge is 0.338 e. The highest BCUT2D eigenvalue weighted by Gasteiger charge is 2.22. The van der Waals surface area contributed by atoms with Crippen LogP contribution in [-0.2, 0) is 11.2 Å². The fourth-order valence-electron chi connectivity index (χ4n) is 4.21. The molecule has 4 aromatic rings. The fraction of sp³-hybridized carbons (Fsp3) is 0.240. The summed E-state index contributed by atoms with van der Waals surface area (Å²) in [6, 6.07) is 15.4. The van der Waals surface area contributed by atoms with Crippen LogP contribution in [0.3, 0.4) is 0 Å². The highest BCUT2D eigenvalue weighted by Crippen LogP contribution is 2.28. The number of aromatic amines is 1. The molecule has 5 nitrogen and oxygen atoms in total. The molecule has 0 saturated heterocycles. The van der Waals surface area contributed by atoms with E-state index in [9.17, 15) is 9.59 Å². The van der Waals surface area contributed by atoms with Crippen molar-refractivity contribution in [2.45, 2.75) is 32.1 Å². The highest BCUT2D eigenvalue weighted by atomic mass is 32.1. The zero-order chi connectivity index (χ0) is 21.2. The van der Waals surface area contributed by atoms with Gasteiger partial charge in [0.1, 0.15) is 11.6 Å². The number of nitrogens with zero attached hydrogens (tertiary/aromatic N) is 1. The number of fused-ring (bicyclic) bond motifs is 1. The minimum absolute atomic E-state index is 0.114. The maximum absolute atomic E-state index is 12.5. The van der Waals surface area contributed by atoms with Crippen molar-refractivity contribution >= 4 is 39.7 Å². The van der Waals surface area contributed by atoms with Crippen molar-refractivity contribution in [1.29, 1.82) is 0 Å². The quantitative estimate of drug-likeness (QED) is 0.404. The first-order valence-corrected chi connectivity index (χ1v) is 11.6. The van der Waals surface area contributed by atoms with E-state index >= 15 is 0 Å². The van der Waals surface area contributed by atoms with Gasteiger partial charge in [-0.15, -0.1) is 0 Å². The standard InChI is InChI=1S/C25H23N3O2S/c29-23(17-3-1-2-4-17)14-16-5-10-21-22(13-16)28-24(27-21)18-6-8-20(9-7-18)26-25(30)19-11-12-31-15-19/h5-13,15,17H,1-4,14H2,(H,26,30)(H,27,28). The zero-order valence-electron chi connectivity index (χ0n) is 17.1. The topological polar surface area (TPSA) is 74.8 Å². The van der Waals surface area contributed by atoms with Crippen LogP contribution in [0.1, 0.15) is 41.6 Å². The molecular formula is C25H23N3O2S. The molecule has 0 bridgehead atoms. The molecule has 1 aliphatic rings. The van der Waals surface area contributed by atoms with E-state index in [0.29, 0.717) is 17.8 Å². The van der Waals surface area contributed by atoms with Crippen LogP contribution >= 0.6 is 11.3 Å². The summed E-state index contributed by atoms with van der Waals surface area (Å²) in [7, 11) is 0. The molecule has 2 N–H and O–H groups in total. The predicted octanol–water partition coefficient (Wildman–Crippen LogP) is 5.85. The van der Waals surface area contributed by atoms with Crippen molar-refractivity contribution in [3.05, 3.63) is 70.4 Å². The maximum atomic E-state index is 12.5. The Morgan fingerprint density at radius 3 is 2.61 bits per heavy atom. The smallest absolute Gasteiger partial charge is 0.256 e. The van der Waals surface area contributed by atoms with E-state index in [-0.39, 0.29) is 11.8 Å². The first-order valence-electron chi connectivity index (χ1n) is 10.6. The Kier molecular flexibility index (Phi) is 5.38. The summed E-state index contributed by atoms with van der Waals surface area (Å²) in [4.78, 5) is 32.8. The van der Waals surface area contributed by atoms with Gasteiger partial charge < -0.3 is 10.3 Å². The number of ketones is 1. The average molecular weight is 430 g/mol. The summed E-state index contributed by atoms with van der Waals surface area (Å²) in [6.45, 7) is 0. The molecule has 1 aliphatic carbocycles. The Balaban J connectivity index is 1.30. The lowest BCUT2D eigenvalue weighted by Gasteiger charge is -2.07. The minimum atomic E-state index is -0.114. The van der Waals surface area contributed by atoms with Crippen molar-refractivity contribution in [2.24, 2.45) is 5.92 Å². The number of thiophene rings is 1. The number of nitrogens with one attached hydrogen (secondary N) is 2. The molecule has 1 saturated carbocycles. The number of carbonyl (C=O) groups excluding carboxylic acids is 2. The Hall–Kier alpha value is -3.25. The van der Waals surface area contributed by atoms with Gasteiger partial charge in [-0.05, 0) is 66.2 Å². The second-order valence-electron chi connectivity index (χ2n) is 8.10. The van der Waals surface area contributed by atoms with E-state index in [0.717, 1.165) is 46.5 Å². The van der Waals surface area contributed by atoms with Gasteiger partial charge >= 0.3 is 0 Å². The first-order chi connectivity index (χ1) is 15.2. The molecule has 0 radical (unpaired) electrons. The van der Waals surface area contributed by atoms with Crippen molar-refractivity contribution in [2.75, 3.05) is 5.32 Å². The number of Topliss-reactive ketones (excluding diaryl/α,β-unsaturated/α-hetero) is 1. The molecule has 6 heteroatoms. The maximum Gasteiger partial charge on any atom is 0.256 e. The number of imidazole rings is 1. The molecule has 0 aliphatic heterocycles. The van der Waals surface area contributed by atoms with Crippen LogP contribution in [0.25, 0.3) is 22.4 Å². The summed E-state index contributed by atoms with van der Waals surface area (Å²) >= 11 is 1.50. The number of hydrogen-bond acceptors (Lipinski definition) is 4. The first kappa shape index (κ1) is 19.7. The van der Waals surface area contributed by atoms with Crippen LogP contribution in [0, 0.1) is 5.92 Å². The molecule has 5 rings (SSSR count). The van der Waals surface area contributed by atoms with Gasteiger partial charge in [0.25, 0.3) is 5.91 Å². The Morgan fingerprint density at radius 1 is 1.06 bits per heavy atom. The van der Waals surface area contributed by atoms with E-state index in [1.54, 1.807) is 6.07 Å².